The zero-order valence-corrected chi connectivity index (χ0v) is 44.8. The van der Waals surface area contributed by atoms with E-state index in [0.717, 1.165) is 51.4 Å². The number of carbonyl (C=O) groups excluding carboxylic acids is 2. The van der Waals surface area contributed by atoms with Gasteiger partial charge < -0.3 is 28.5 Å². The van der Waals surface area contributed by atoms with Crippen molar-refractivity contribution in [3.8, 4) is 0 Å². The third-order valence-corrected chi connectivity index (χ3v) is 12.7. The molecule has 0 saturated carbocycles. The van der Waals surface area contributed by atoms with Crippen LogP contribution in [0.3, 0.4) is 0 Å². The second-order valence-corrected chi connectivity index (χ2v) is 20.6. The maximum absolute atomic E-state index is 12.9. The monoisotopic (exact) mass is 949 g/mol. The molecule has 9 heteroatoms. The van der Waals surface area contributed by atoms with E-state index < -0.39 is 24.3 Å². The van der Waals surface area contributed by atoms with Gasteiger partial charge in [0, 0.05) is 12.8 Å². The van der Waals surface area contributed by atoms with E-state index in [2.05, 4.69) is 38.2 Å². The fourth-order valence-electron chi connectivity index (χ4n) is 8.28. The van der Waals surface area contributed by atoms with E-state index in [-0.39, 0.29) is 32.2 Å². The van der Waals surface area contributed by atoms with E-state index in [4.69, 9.17) is 18.9 Å². The molecule has 9 nitrogen and oxygen atoms in total. The van der Waals surface area contributed by atoms with Gasteiger partial charge in [-0.25, -0.2) is 4.79 Å². The third-order valence-electron chi connectivity index (χ3n) is 12.7. The van der Waals surface area contributed by atoms with Crippen LogP contribution in [0.4, 0.5) is 0 Å². The Morgan fingerprint density at radius 1 is 0.448 bits per heavy atom. The first-order chi connectivity index (χ1) is 32.6. The summed E-state index contributed by atoms with van der Waals surface area (Å²) in [6.45, 7) is 4.91. The number of likely N-dealkylation sites (N-methyl/N-ethyl adjacent to an activating group) is 1. The molecule has 2 unspecified atom stereocenters. The number of carboxylic acid groups (broad SMARTS) is 1. The van der Waals surface area contributed by atoms with Gasteiger partial charge in [0.25, 0.3) is 6.29 Å². The smallest absolute Gasteiger partial charge is 0.361 e. The predicted molar refractivity (Wildman–Crippen MR) is 281 cm³/mol. The number of aliphatic carboxylic acids is 1. The number of carbonyl (C=O) groups is 3. The molecule has 394 valence electrons. The highest BCUT2D eigenvalue weighted by atomic mass is 16.7. The molecule has 0 amide bonds. The minimum Gasteiger partial charge on any atom is -0.477 e. The van der Waals surface area contributed by atoms with Gasteiger partial charge in [0.1, 0.15) is 13.2 Å². The van der Waals surface area contributed by atoms with Crippen LogP contribution in [0.5, 0.6) is 0 Å². The number of carboxylic acids is 1. The van der Waals surface area contributed by atoms with Gasteiger partial charge in [-0.15, -0.1) is 0 Å². The number of esters is 2. The summed E-state index contributed by atoms with van der Waals surface area (Å²) in [6, 6.07) is 0. The van der Waals surface area contributed by atoms with E-state index in [9.17, 15) is 19.5 Å². The van der Waals surface area contributed by atoms with E-state index in [1.54, 1.807) is 0 Å². The lowest BCUT2D eigenvalue weighted by molar-refractivity contribution is -0.870. The molecule has 1 N–H and O–H groups in total. The number of ether oxygens (including phenoxy) is 4. The van der Waals surface area contributed by atoms with Gasteiger partial charge in [-0.2, -0.15) is 0 Å². The van der Waals surface area contributed by atoms with Crippen LogP contribution in [0, 0.1) is 0 Å². The lowest BCUT2D eigenvalue weighted by atomic mass is 10.0. The fourth-order valence-corrected chi connectivity index (χ4v) is 8.28. The van der Waals surface area contributed by atoms with Gasteiger partial charge >= 0.3 is 17.9 Å². The summed E-state index contributed by atoms with van der Waals surface area (Å²) in [7, 11) is 5.97. The van der Waals surface area contributed by atoms with Gasteiger partial charge in [0.2, 0.25) is 0 Å². The Labute approximate surface area is 414 Å². The SMILES string of the molecule is CCCCCCC/C=C\C/C=C\CCCCCCCCCCCC(=O)OC(COC(=O)CCCCCCCCCCCCCCCCCCCCCCC)COC(OCC[N+](C)(C)C)C(=O)O. The van der Waals surface area contributed by atoms with Crippen LogP contribution >= 0.6 is 0 Å². The molecule has 0 fully saturated rings. The van der Waals surface area contributed by atoms with Gasteiger partial charge in [-0.05, 0) is 44.9 Å². The van der Waals surface area contributed by atoms with Crippen molar-refractivity contribution in [2.75, 3.05) is 47.5 Å². The molecule has 0 rings (SSSR count). The summed E-state index contributed by atoms with van der Waals surface area (Å²) in [5.41, 5.74) is 0. The average Bonchev–Trinajstić information content (AvgIpc) is 3.29. The van der Waals surface area contributed by atoms with Crippen LogP contribution in [0.25, 0.3) is 0 Å². The van der Waals surface area contributed by atoms with Gasteiger partial charge in [0.05, 0.1) is 34.4 Å². The number of rotatable bonds is 53. The number of nitrogens with zero attached hydrogens (tertiary/aromatic N) is 1. The van der Waals surface area contributed by atoms with E-state index in [0.29, 0.717) is 17.4 Å². The van der Waals surface area contributed by atoms with Crippen molar-refractivity contribution in [3.05, 3.63) is 24.3 Å². The second-order valence-electron chi connectivity index (χ2n) is 20.6. The van der Waals surface area contributed by atoms with Crippen LogP contribution < -0.4 is 0 Å². The van der Waals surface area contributed by atoms with Crippen molar-refractivity contribution in [1.29, 1.82) is 0 Å². The average molecular weight is 950 g/mol. The van der Waals surface area contributed by atoms with E-state index >= 15 is 0 Å². The Morgan fingerprint density at radius 2 is 0.806 bits per heavy atom. The normalized spacial score (nSPS) is 12.9. The fraction of sp³-hybridized carbons (Fsp3) is 0.879. The Kier molecular flexibility index (Phi) is 48.5. The minimum atomic E-state index is -1.51. The van der Waals surface area contributed by atoms with Gasteiger partial charge in [0.15, 0.2) is 6.10 Å². The molecule has 0 aliphatic carbocycles. The number of hydrogen-bond acceptors (Lipinski definition) is 7. The maximum atomic E-state index is 12.9. The van der Waals surface area contributed by atoms with Crippen LogP contribution in [-0.4, -0.2) is 87.4 Å². The highest BCUT2D eigenvalue weighted by Crippen LogP contribution is 2.17. The van der Waals surface area contributed by atoms with Crippen LogP contribution in [0.2, 0.25) is 0 Å². The lowest BCUT2D eigenvalue weighted by Gasteiger charge is -2.25. The van der Waals surface area contributed by atoms with Crippen LogP contribution in [0.15, 0.2) is 24.3 Å². The number of allylic oxidation sites excluding steroid dienone is 4. The van der Waals surface area contributed by atoms with Gasteiger partial charge in [-0.3, -0.25) is 9.59 Å². The molecule has 0 spiro atoms. The molecule has 0 radical (unpaired) electrons. The molecule has 2 atom stereocenters. The summed E-state index contributed by atoms with van der Waals surface area (Å²) in [5.74, 6) is -1.99. The molecule has 0 aliphatic rings. The van der Waals surface area contributed by atoms with Crippen molar-refractivity contribution < 1.29 is 42.9 Å². The molecule has 0 aromatic rings. The van der Waals surface area contributed by atoms with Crippen molar-refractivity contribution in [2.24, 2.45) is 0 Å². The summed E-state index contributed by atoms with van der Waals surface area (Å²) in [5, 5.41) is 9.69. The van der Waals surface area contributed by atoms with E-state index in [1.807, 2.05) is 21.1 Å². The molecular weight excluding hydrogens is 839 g/mol. The van der Waals surface area contributed by atoms with E-state index in [1.165, 1.54) is 193 Å². The summed E-state index contributed by atoms with van der Waals surface area (Å²) in [6.07, 6.45) is 55.3. The first kappa shape index (κ1) is 64.8. The topological polar surface area (TPSA) is 108 Å². The van der Waals surface area contributed by atoms with Gasteiger partial charge in [-0.1, -0.05) is 237 Å². The zero-order valence-electron chi connectivity index (χ0n) is 44.8. The maximum Gasteiger partial charge on any atom is 0.361 e. The molecule has 0 aromatic heterocycles. The molecule has 0 aliphatic heterocycles. The van der Waals surface area contributed by atoms with Crippen molar-refractivity contribution in [1.82, 2.24) is 0 Å². The summed E-state index contributed by atoms with van der Waals surface area (Å²) in [4.78, 5) is 37.4. The Balaban J connectivity index is 4.25. The predicted octanol–water partition coefficient (Wildman–Crippen LogP) is 16.3. The summed E-state index contributed by atoms with van der Waals surface area (Å²) < 4.78 is 22.9. The Bertz CT molecular complexity index is 1150. The minimum absolute atomic E-state index is 0.179. The molecule has 0 bridgehead atoms. The van der Waals surface area contributed by atoms with Crippen LogP contribution in [0.1, 0.15) is 271 Å². The Hall–Kier alpha value is -2.23. The molecule has 0 aromatic carbocycles. The first-order valence-electron chi connectivity index (χ1n) is 28.5. The number of unbranched alkanes of at least 4 members (excludes halogenated alkanes) is 34. The highest BCUT2D eigenvalue weighted by molar-refractivity contribution is 5.71. The standard InChI is InChI=1S/C58H109NO8/c1-6-8-10-12-14-16-18-20-22-24-26-28-30-32-34-36-38-40-42-44-46-48-55(60)65-52-54(53-66-58(57(62)63)64-51-50-59(3,4)5)67-56(61)49-47-45-43-41-39-37-35-33-31-29-27-25-23-21-19-17-15-13-11-9-7-2/h19,21,25,27,54,58H,6-18,20,22-24,26,28-53H2,1-5H3/p+1/b21-19-,27-25-. The molecule has 0 heterocycles. The van der Waals surface area contributed by atoms with Crippen LogP contribution in [-0.2, 0) is 33.3 Å². The van der Waals surface area contributed by atoms with Crippen molar-refractivity contribution in [2.45, 2.75) is 283 Å². The highest BCUT2D eigenvalue weighted by Gasteiger charge is 2.25. The number of quaternary nitrogens is 1. The number of hydrogen-bond donors (Lipinski definition) is 1. The lowest BCUT2D eigenvalue weighted by Crippen LogP contribution is -2.40. The largest absolute Gasteiger partial charge is 0.477 e. The van der Waals surface area contributed by atoms with Crippen molar-refractivity contribution >= 4 is 17.9 Å². The molecule has 0 saturated heterocycles. The molecule has 67 heavy (non-hydrogen) atoms. The second kappa shape index (κ2) is 50.2. The molecular formula is C58H110NO8+. The third kappa shape index (κ3) is 51.4. The Morgan fingerprint density at radius 3 is 1.18 bits per heavy atom. The zero-order chi connectivity index (χ0) is 49.2. The first-order valence-corrected chi connectivity index (χ1v) is 28.5. The van der Waals surface area contributed by atoms with Crippen molar-refractivity contribution in [3.63, 3.8) is 0 Å². The summed E-state index contributed by atoms with van der Waals surface area (Å²) >= 11 is 0. The quantitative estimate of drug-likeness (QED) is 0.0211.